The first-order valence-electron chi connectivity index (χ1n) is 8.76. The summed E-state index contributed by atoms with van der Waals surface area (Å²) in [6, 6.07) is 23.8. The third-order valence-corrected chi connectivity index (χ3v) is 4.62. The number of phenols is 1. The van der Waals surface area contributed by atoms with Gasteiger partial charge in [0.1, 0.15) is 5.75 Å². The van der Waals surface area contributed by atoms with Gasteiger partial charge in [0.15, 0.2) is 0 Å². The van der Waals surface area contributed by atoms with Crippen LogP contribution in [0.1, 0.15) is 27.8 Å². The van der Waals surface area contributed by atoms with E-state index in [9.17, 15) is 5.11 Å². The van der Waals surface area contributed by atoms with Crippen molar-refractivity contribution in [2.75, 3.05) is 0 Å². The average molecular weight is 373 g/mol. The Hall–Kier alpha value is -3.03. The van der Waals surface area contributed by atoms with Gasteiger partial charge in [-0.05, 0) is 40.0 Å². The second kappa shape index (κ2) is 9.07. The molecule has 0 saturated heterocycles. The van der Waals surface area contributed by atoms with Crippen LogP contribution < -0.4 is 0 Å². The maximum atomic E-state index is 10.2. The van der Waals surface area contributed by atoms with E-state index in [1.807, 2.05) is 54.6 Å². The highest BCUT2D eigenvalue weighted by Crippen LogP contribution is 2.30. The van der Waals surface area contributed by atoms with Crippen LogP contribution in [0, 0.1) is 0 Å². The van der Waals surface area contributed by atoms with Crippen LogP contribution in [0.25, 0.3) is 23.8 Å². The third kappa shape index (κ3) is 4.78. The molecular formula is C25H21ClO. The number of halogens is 1. The summed E-state index contributed by atoms with van der Waals surface area (Å²) in [7, 11) is 0. The Morgan fingerprint density at radius 3 is 2.30 bits per heavy atom. The first kappa shape index (κ1) is 18.8. The zero-order chi connectivity index (χ0) is 19.1. The molecule has 0 unspecified atom stereocenters. The molecule has 0 aliphatic heterocycles. The summed E-state index contributed by atoms with van der Waals surface area (Å²) in [6.45, 7) is 3.86. The Balaban J connectivity index is 2.08. The summed E-state index contributed by atoms with van der Waals surface area (Å²) in [5.74, 6) is 0.719. The van der Waals surface area contributed by atoms with Gasteiger partial charge >= 0.3 is 0 Å². The molecule has 1 nitrogen and oxygen atoms in total. The lowest BCUT2D eigenvalue weighted by Crippen LogP contribution is -1.88. The summed E-state index contributed by atoms with van der Waals surface area (Å²) < 4.78 is 0. The topological polar surface area (TPSA) is 20.2 Å². The van der Waals surface area contributed by atoms with E-state index in [1.165, 1.54) is 0 Å². The number of allylic oxidation sites excluding steroid dienone is 2. The summed E-state index contributed by atoms with van der Waals surface area (Å²) in [5.41, 5.74) is 5.90. The molecule has 0 aliphatic carbocycles. The predicted molar refractivity (Wildman–Crippen MR) is 118 cm³/mol. The van der Waals surface area contributed by atoms with E-state index < -0.39 is 0 Å². The van der Waals surface area contributed by atoms with Crippen molar-refractivity contribution in [2.24, 2.45) is 0 Å². The zero-order valence-corrected chi connectivity index (χ0v) is 15.7. The van der Waals surface area contributed by atoms with Gasteiger partial charge < -0.3 is 5.11 Å². The summed E-state index contributed by atoms with van der Waals surface area (Å²) in [6.07, 6.45) is 7.91. The number of alkyl halides is 1. The van der Waals surface area contributed by atoms with E-state index in [1.54, 1.807) is 12.1 Å². The molecule has 0 radical (unpaired) electrons. The molecular weight excluding hydrogens is 352 g/mol. The molecule has 27 heavy (non-hydrogen) atoms. The van der Waals surface area contributed by atoms with Crippen molar-refractivity contribution in [3.05, 3.63) is 113 Å². The molecule has 3 aromatic rings. The van der Waals surface area contributed by atoms with Crippen molar-refractivity contribution in [1.29, 1.82) is 0 Å². The largest absolute Gasteiger partial charge is 0.507 e. The van der Waals surface area contributed by atoms with Crippen molar-refractivity contribution in [3.63, 3.8) is 0 Å². The van der Waals surface area contributed by atoms with Crippen LogP contribution >= 0.6 is 11.6 Å². The highest BCUT2D eigenvalue weighted by molar-refractivity contribution is 6.17. The Morgan fingerprint density at radius 2 is 1.63 bits per heavy atom. The van der Waals surface area contributed by atoms with Crippen LogP contribution in [-0.4, -0.2) is 5.11 Å². The Morgan fingerprint density at radius 1 is 0.889 bits per heavy atom. The molecule has 3 aromatic carbocycles. The van der Waals surface area contributed by atoms with Gasteiger partial charge in [-0.25, -0.2) is 0 Å². The molecule has 3 rings (SSSR count). The molecule has 1 N–H and O–H groups in total. The second-order valence-electron chi connectivity index (χ2n) is 6.16. The third-order valence-electron chi connectivity index (χ3n) is 4.31. The van der Waals surface area contributed by atoms with Crippen molar-refractivity contribution >= 4 is 35.4 Å². The van der Waals surface area contributed by atoms with E-state index in [2.05, 4.69) is 36.9 Å². The number of phenolic OH excluding ortho intramolecular Hbond substituents is 1. The highest BCUT2D eigenvalue weighted by atomic mass is 35.5. The number of hydrogen-bond donors (Lipinski definition) is 1. The summed E-state index contributed by atoms with van der Waals surface area (Å²) in [4.78, 5) is 0. The molecule has 0 heterocycles. The molecule has 134 valence electrons. The maximum Gasteiger partial charge on any atom is 0.123 e. The minimum Gasteiger partial charge on any atom is -0.507 e. The Kier molecular flexibility index (Phi) is 6.30. The molecule has 0 amide bonds. The lowest BCUT2D eigenvalue weighted by molar-refractivity contribution is 0.474. The van der Waals surface area contributed by atoms with Gasteiger partial charge in [-0.2, -0.15) is 0 Å². The molecule has 2 heteroatoms. The standard InChI is InChI=1S/C25H21ClO/c1-2-23-24(9-6-10-25(23)27)22(16-15-19-7-4-3-5-8-19)17-20-11-13-21(18-26)14-12-20/h2-17,27H,1,18H2. The van der Waals surface area contributed by atoms with Crippen molar-refractivity contribution in [1.82, 2.24) is 0 Å². The second-order valence-corrected chi connectivity index (χ2v) is 6.43. The molecule has 0 spiro atoms. The van der Waals surface area contributed by atoms with Crippen LogP contribution in [0.2, 0.25) is 0 Å². The van der Waals surface area contributed by atoms with Crippen LogP contribution in [-0.2, 0) is 5.88 Å². The van der Waals surface area contributed by atoms with Crippen LogP contribution in [0.3, 0.4) is 0 Å². The SMILES string of the molecule is C=Cc1c(O)cccc1C(C=Cc1ccccc1)=Cc1ccc(CCl)cc1. The van der Waals surface area contributed by atoms with Gasteiger partial charge in [-0.15, -0.1) is 11.6 Å². The predicted octanol–water partition coefficient (Wildman–Crippen LogP) is 7.03. The van der Waals surface area contributed by atoms with Crippen molar-refractivity contribution in [2.45, 2.75) is 5.88 Å². The summed E-state index contributed by atoms with van der Waals surface area (Å²) in [5, 5.41) is 10.2. The molecule has 0 fully saturated rings. The number of hydrogen-bond acceptors (Lipinski definition) is 1. The first-order chi connectivity index (χ1) is 13.2. The lowest BCUT2D eigenvalue weighted by atomic mass is 9.95. The van der Waals surface area contributed by atoms with Crippen LogP contribution in [0.15, 0.2) is 85.5 Å². The van der Waals surface area contributed by atoms with Gasteiger partial charge in [0.2, 0.25) is 0 Å². The number of aromatic hydroxyl groups is 1. The molecule has 0 bridgehead atoms. The zero-order valence-electron chi connectivity index (χ0n) is 15.0. The molecule has 0 aliphatic rings. The van der Waals surface area contributed by atoms with Gasteiger partial charge in [-0.1, -0.05) is 91.5 Å². The minimum atomic E-state index is 0.221. The fourth-order valence-corrected chi connectivity index (χ4v) is 3.05. The van der Waals surface area contributed by atoms with E-state index in [0.717, 1.165) is 33.4 Å². The normalized spacial score (nSPS) is 11.7. The molecule has 0 atom stereocenters. The quantitative estimate of drug-likeness (QED) is 0.280. The average Bonchev–Trinajstić information content (AvgIpc) is 2.72. The van der Waals surface area contributed by atoms with Crippen molar-refractivity contribution in [3.8, 4) is 5.75 Å². The van der Waals surface area contributed by atoms with Crippen molar-refractivity contribution < 1.29 is 5.11 Å². The Bertz CT molecular complexity index is 967. The van der Waals surface area contributed by atoms with Gasteiger partial charge in [0.05, 0.1) is 0 Å². The fourth-order valence-electron chi connectivity index (χ4n) is 2.87. The van der Waals surface area contributed by atoms with Gasteiger partial charge in [0, 0.05) is 11.4 Å². The van der Waals surface area contributed by atoms with E-state index in [4.69, 9.17) is 11.6 Å². The van der Waals surface area contributed by atoms with E-state index in [-0.39, 0.29) is 5.75 Å². The van der Waals surface area contributed by atoms with E-state index >= 15 is 0 Å². The monoisotopic (exact) mass is 372 g/mol. The number of rotatable bonds is 6. The van der Waals surface area contributed by atoms with Gasteiger partial charge in [-0.3, -0.25) is 0 Å². The maximum absolute atomic E-state index is 10.2. The number of benzene rings is 3. The van der Waals surface area contributed by atoms with E-state index in [0.29, 0.717) is 5.88 Å². The minimum absolute atomic E-state index is 0.221. The fraction of sp³-hybridized carbons (Fsp3) is 0.0400. The Labute approximate surface area is 165 Å². The van der Waals surface area contributed by atoms with Gasteiger partial charge in [0.25, 0.3) is 0 Å². The molecule has 0 saturated carbocycles. The summed E-state index contributed by atoms with van der Waals surface area (Å²) >= 11 is 5.89. The first-order valence-corrected chi connectivity index (χ1v) is 9.29. The van der Waals surface area contributed by atoms with Crippen LogP contribution in [0.5, 0.6) is 5.75 Å². The van der Waals surface area contributed by atoms with Crippen LogP contribution in [0.4, 0.5) is 0 Å². The molecule has 0 aromatic heterocycles. The smallest absolute Gasteiger partial charge is 0.123 e. The highest BCUT2D eigenvalue weighted by Gasteiger charge is 2.08. The lowest BCUT2D eigenvalue weighted by Gasteiger charge is -2.10.